The first-order valence-electron chi connectivity index (χ1n) is 5.30. The fourth-order valence-electron chi connectivity index (χ4n) is 1.62. The second kappa shape index (κ2) is 6.08. The standard InChI is InChI=1S/C9H20N2O2S2/c1-9(8-10-2)15(12,13)11-4-3-6-14-7-5-11/h9-10H,3-8H2,1-2H3. The zero-order valence-corrected chi connectivity index (χ0v) is 11.0. The molecule has 0 aromatic heterocycles. The van der Waals surface area contributed by atoms with Crippen molar-refractivity contribution in [3.05, 3.63) is 0 Å². The lowest BCUT2D eigenvalue weighted by molar-refractivity contribution is 0.426. The van der Waals surface area contributed by atoms with E-state index >= 15 is 0 Å². The summed E-state index contributed by atoms with van der Waals surface area (Å²) < 4.78 is 25.9. The van der Waals surface area contributed by atoms with Gasteiger partial charge in [-0.2, -0.15) is 11.8 Å². The Kier molecular flexibility index (Phi) is 5.38. The lowest BCUT2D eigenvalue weighted by Gasteiger charge is -2.23. The first-order chi connectivity index (χ1) is 7.09. The Morgan fingerprint density at radius 2 is 2.13 bits per heavy atom. The van der Waals surface area contributed by atoms with Gasteiger partial charge < -0.3 is 5.32 Å². The van der Waals surface area contributed by atoms with Gasteiger partial charge in [0.25, 0.3) is 0 Å². The summed E-state index contributed by atoms with van der Waals surface area (Å²) in [5.41, 5.74) is 0. The molecular weight excluding hydrogens is 232 g/mol. The van der Waals surface area contributed by atoms with Crippen LogP contribution in [0.5, 0.6) is 0 Å². The third-order valence-corrected chi connectivity index (χ3v) is 5.86. The number of nitrogens with one attached hydrogen (secondary N) is 1. The van der Waals surface area contributed by atoms with Gasteiger partial charge in [0.05, 0.1) is 5.25 Å². The van der Waals surface area contributed by atoms with Crippen LogP contribution in [-0.4, -0.2) is 56.2 Å². The van der Waals surface area contributed by atoms with Gasteiger partial charge in [0, 0.05) is 25.4 Å². The molecule has 1 fully saturated rings. The molecule has 1 aliphatic rings. The van der Waals surface area contributed by atoms with Crippen LogP contribution in [0.1, 0.15) is 13.3 Å². The van der Waals surface area contributed by atoms with Crippen LogP contribution in [0, 0.1) is 0 Å². The Hall–Kier alpha value is 0.220. The van der Waals surface area contributed by atoms with Gasteiger partial charge in [-0.3, -0.25) is 0 Å². The van der Waals surface area contributed by atoms with Crippen molar-refractivity contribution >= 4 is 21.8 Å². The highest BCUT2D eigenvalue weighted by atomic mass is 32.2. The lowest BCUT2D eigenvalue weighted by atomic mass is 10.5. The molecule has 15 heavy (non-hydrogen) atoms. The number of hydrogen-bond acceptors (Lipinski definition) is 4. The van der Waals surface area contributed by atoms with Crippen LogP contribution < -0.4 is 5.32 Å². The van der Waals surface area contributed by atoms with E-state index in [2.05, 4.69) is 5.32 Å². The van der Waals surface area contributed by atoms with Crippen LogP contribution in [-0.2, 0) is 10.0 Å². The maximum atomic E-state index is 12.1. The summed E-state index contributed by atoms with van der Waals surface area (Å²) in [6.07, 6.45) is 0.968. The average molecular weight is 252 g/mol. The Morgan fingerprint density at radius 1 is 1.40 bits per heavy atom. The molecular formula is C9H20N2O2S2. The quantitative estimate of drug-likeness (QED) is 0.785. The summed E-state index contributed by atoms with van der Waals surface area (Å²) in [5.74, 6) is 2.00. The second-order valence-corrected chi connectivity index (χ2v) is 7.35. The minimum atomic E-state index is -3.09. The highest BCUT2D eigenvalue weighted by Crippen LogP contribution is 2.16. The van der Waals surface area contributed by atoms with Crippen LogP contribution in [0.4, 0.5) is 0 Å². The van der Waals surface area contributed by atoms with Crippen LogP contribution in [0.2, 0.25) is 0 Å². The van der Waals surface area contributed by atoms with E-state index in [1.807, 2.05) is 11.8 Å². The predicted molar refractivity (Wildman–Crippen MR) is 65.8 cm³/mol. The topological polar surface area (TPSA) is 49.4 Å². The molecule has 1 heterocycles. The molecule has 0 amide bonds. The molecule has 1 aliphatic heterocycles. The van der Waals surface area contributed by atoms with Gasteiger partial charge in [0.1, 0.15) is 0 Å². The molecule has 4 nitrogen and oxygen atoms in total. The Labute approximate surface area is 96.8 Å². The van der Waals surface area contributed by atoms with E-state index in [0.717, 1.165) is 17.9 Å². The van der Waals surface area contributed by atoms with E-state index < -0.39 is 10.0 Å². The van der Waals surface area contributed by atoms with Crippen molar-refractivity contribution < 1.29 is 8.42 Å². The third-order valence-electron chi connectivity index (χ3n) is 2.54. The van der Waals surface area contributed by atoms with Gasteiger partial charge in [-0.1, -0.05) is 0 Å². The molecule has 1 rings (SSSR count). The molecule has 6 heteroatoms. The highest BCUT2D eigenvalue weighted by Gasteiger charge is 2.28. The van der Waals surface area contributed by atoms with Crippen molar-refractivity contribution in [2.45, 2.75) is 18.6 Å². The molecule has 0 aromatic carbocycles. The van der Waals surface area contributed by atoms with E-state index in [-0.39, 0.29) is 5.25 Å². The molecule has 1 unspecified atom stereocenters. The summed E-state index contributed by atoms with van der Waals surface area (Å²) in [7, 11) is -1.31. The van der Waals surface area contributed by atoms with Crippen molar-refractivity contribution in [3.63, 3.8) is 0 Å². The van der Waals surface area contributed by atoms with Gasteiger partial charge in [-0.05, 0) is 26.1 Å². The molecule has 90 valence electrons. The van der Waals surface area contributed by atoms with Gasteiger partial charge >= 0.3 is 0 Å². The zero-order chi connectivity index (χ0) is 11.3. The number of sulfonamides is 1. The van der Waals surface area contributed by atoms with Crippen LogP contribution in [0.25, 0.3) is 0 Å². The van der Waals surface area contributed by atoms with E-state index in [4.69, 9.17) is 0 Å². The van der Waals surface area contributed by atoms with Gasteiger partial charge in [-0.25, -0.2) is 12.7 Å². The molecule has 0 bridgehead atoms. The molecule has 0 spiro atoms. The lowest BCUT2D eigenvalue weighted by Crippen LogP contribution is -2.42. The zero-order valence-electron chi connectivity index (χ0n) is 9.40. The molecule has 0 saturated carbocycles. The first-order valence-corrected chi connectivity index (χ1v) is 7.96. The molecule has 1 atom stereocenters. The van der Waals surface area contributed by atoms with Crippen molar-refractivity contribution in [2.75, 3.05) is 38.2 Å². The van der Waals surface area contributed by atoms with Crippen molar-refractivity contribution in [2.24, 2.45) is 0 Å². The van der Waals surface area contributed by atoms with Crippen molar-refractivity contribution in [1.82, 2.24) is 9.62 Å². The Morgan fingerprint density at radius 3 is 2.80 bits per heavy atom. The van der Waals surface area contributed by atoms with Gasteiger partial charge in [0.2, 0.25) is 10.0 Å². The van der Waals surface area contributed by atoms with Crippen molar-refractivity contribution in [1.29, 1.82) is 0 Å². The average Bonchev–Trinajstić information content (AvgIpc) is 2.46. The molecule has 1 saturated heterocycles. The van der Waals surface area contributed by atoms with Crippen LogP contribution >= 0.6 is 11.8 Å². The fourth-order valence-corrected chi connectivity index (χ4v) is 4.24. The summed E-state index contributed by atoms with van der Waals surface area (Å²) in [4.78, 5) is 0. The highest BCUT2D eigenvalue weighted by molar-refractivity contribution is 7.99. The first kappa shape index (κ1) is 13.3. The summed E-state index contributed by atoms with van der Waals surface area (Å²) >= 11 is 1.84. The number of thioether (sulfide) groups is 1. The minimum absolute atomic E-state index is 0.328. The Bertz CT molecular complexity index is 272. The fraction of sp³-hybridized carbons (Fsp3) is 1.00. The number of hydrogen-bond donors (Lipinski definition) is 1. The third kappa shape index (κ3) is 3.62. The molecule has 1 N–H and O–H groups in total. The SMILES string of the molecule is CNCC(C)S(=O)(=O)N1CCCSCC1. The van der Waals surface area contributed by atoms with Gasteiger partial charge in [0.15, 0.2) is 0 Å². The van der Waals surface area contributed by atoms with E-state index in [9.17, 15) is 8.42 Å². The summed E-state index contributed by atoms with van der Waals surface area (Å²) in [6.45, 7) is 3.64. The summed E-state index contributed by atoms with van der Waals surface area (Å²) in [5, 5.41) is 2.59. The number of rotatable bonds is 4. The van der Waals surface area contributed by atoms with Crippen LogP contribution in [0.15, 0.2) is 0 Å². The molecule has 0 radical (unpaired) electrons. The second-order valence-electron chi connectivity index (χ2n) is 3.78. The molecule has 0 aliphatic carbocycles. The minimum Gasteiger partial charge on any atom is -0.318 e. The number of nitrogens with zero attached hydrogens (tertiary/aromatic N) is 1. The van der Waals surface area contributed by atoms with Crippen LogP contribution in [0.3, 0.4) is 0 Å². The normalized spacial score (nSPS) is 22.3. The maximum Gasteiger partial charge on any atom is 0.217 e. The van der Waals surface area contributed by atoms with E-state index in [1.54, 1.807) is 18.3 Å². The van der Waals surface area contributed by atoms with E-state index in [0.29, 0.717) is 19.6 Å². The summed E-state index contributed by atoms with van der Waals surface area (Å²) in [6, 6.07) is 0. The van der Waals surface area contributed by atoms with Crippen molar-refractivity contribution in [3.8, 4) is 0 Å². The Balaban J connectivity index is 2.66. The van der Waals surface area contributed by atoms with Gasteiger partial charge in [-0.15, -0.1) is 0 Å². The molecule has 0 aromatic rings. The smallest absolute Gasteiger partial charge is 0.217 e. The largest absolute Gasteiger partial charge is 0.318 e. The predicted octanol–water partition coefficient (Wildman–Crippen LogP) is 0.363. The monoisotopic (exact) mass is 252 g/mol. The maximum absolute atomic E-state index is 12.1. The van der Waals surface area contributed by atoms with E-state index in [1.165, 1.54) is 0 Å².